The van der Waals surface area contributed by atoms with Crippen molar-refractivity contribution in [3.63, 3.8) is 0 Å². The van der Waals surface area contributed by atoms with Crippen molar-refractivity contribution in [1.29, 1.82) is 0 Å². The third-order valence-corrected chi connectivity index (χ3v) is 9.40. The number of amides is 1. The van der Waals surface area contributed by atoms with E-state index in [9.17, 15) is 13.2 Å². The van der Waals surface area contributed by atoms with Gasteiger partial charge in [0.15, 0.2) is 0 Å². The maximum atomic E-state index is 13.2. The largest absolute Gasteiger partial charge is 0.321 e. The van der Waals surface area contributed by atoms with Gasteiger partial charge in [0.2, 0.25) is 10.0 Å². The Balaban J connectivity index is 1.50. The Morgan fingerprint density at radius 2 is 1.79 bits per heavy atom. The number of rotatable bonds is 7. The third kappa shape index (κ3) is 5.05. The Labute approximate surface area is 200 Å². The molecule has 4 rings (SSSR count). The van der Waals surface area contributed by atoms with Crippen LogP contribution in [0.4, 0.5) is 5.69 Å². The average Bonchev–Trinajstić information content (AvgIpc) is 3.30. The van der Waals surface area contributed by atoms with Crippen molar-refractivity contribution in [2.75, 3.05) is 11.9 Å². The first-order valence-electron chi connectivity index (χ1n) is 11.6. The number of benzene rings is 2. The third-order valence-electron chi connectivity index (χ3n) is 6.21. The number of hydrogen-bond donors (Lipinski definition) is 1. The van der Waals surface area contributed by atoms with Crippen LogP contribution in [0.25, 0.3) is 10.4 Å². The van der Waals surface area contributed by atoms with E-state index in [1.165, 1.54) is 11.3 Å². The summed E-state index contributed by atoms with van der Waals surface area (Å²) in [5.74, 6) is -0.186. The van der Waals surface area contributed by atoms with Crippen molar-refractivity contribution in [2.24, 2.45) is 0 Å². The van der Waals surface area contributed by atoms with Crippen LogP contribution in [0, 0.1) is 0 Å². The summed E-state index contributed by atoms with van der Waals surface area (Å²) in [5.41, 5.74) is 2.83. The first-order valence-corrected chi connectivity index (χ1v) is 13.8. The normalized spacial score (nSPS) is 17.1. The van der Waals surface area contributed by atoms with Crippen molar-refractivity contribution in [1.82, 2.24) is 4.31 Å². The number of aryl methyl sites for hydroxylation is 1. The van der Waals surface area contributed by atoms with Gasteiger partial charge >= 0.3 is 0 Å². The lowest BCUT2D eigenvalue weighted by Crippen LogP contribution is -2.43. The number of nitrogens with zero attached hydrogens (tertiary/aromatic N) is 1. The second-order valence-corrected chi connectivity index (χ2v) is 11.3. The molecule has 5 nitrogen and oxygen atoms in total. The molecule has 0 aliphatic carbocycles. The molecule has 1 amide bonds. The highest BCUT2D eigenvalue weighted by molar-refractivity contribution is 7.89. The van der Waals surface area contributed by atoms with E-state index in [0.29, 0.717) is 17.1 Å². The van der Waals surface area contributed by atoms with E-state index >= 15 is 0 Å². The maximum absolute atomic E-state index is 13.2. The lowest BCUT2D eigenvalue weighted by Gasteiger charge is -2.34. The fourth-order valence-corrected chi connectivity index (χ4v) is 7.29. The van der Waals surface area contributed by atoms with Crippen LogP contribution in [0.3, 0.4) is 0 Å². The number of carbonyl (C=O) groups is 1. The lowest BCUT2D eigenvalue weighted by atomic mass is 10.0. The van der Waals surface area contributed by atoms with Gasteiger partial charge in [0.05, 0.1) is 9.77 Å². The Bertz CT molecular complexity index is 1200. The highest BCUT2D eigenvalue weighted by Gasteiger charge is 2.32. The number of anilines is 1. The number of sulfonamides is 1. The molecule has 0 radical (unpaired) electrons. The van der Waals surface area contributed by atoms with Gasteiger partial charge in [0.1, 0.15) is 0 Å². The summed E-state index contributed by atoms with van der Waals surface area (Å²) in [6.07, 6.45) is 4.55. The first kappa shape index (κ1) is 23.7. The van der Waals surface area contributed by atoms with Crippen molar-refractivity contribution in [2.45, 2.75) is 56.9 Å². The number of carbonyl (C=O) groups excluding carboxylic acids is 1. The molecule has 33 heavy (non-hydrogen) atoms. The van der Waals surface area contributed by atoms with Crippen LogP contribution >= 0.6 is 11.3 Å². The Morgan fingerprint density at radius 3 is 2.45 bits per heavy atom. The van der Waals surface area contributed by atoms with Crippen LogP contribution in [0.2, 0.25) is 0 Å². The Kier molecular flexibility index (Phi) is 7.32. The fourth-order valence-electron chi connectivity index (χ4n) is 4.37. The van der Waals surface area contributed by atoms with E-state index in [1.54, 1.807) is 28.6 Å². The van der Waals surface area contributed by atoms with Gasteiger partial charge in [-0.15, -0.1) is 11.3 Å². The summed E-state index contributed by atoms with van der Waals surface area (Å²) >= 11 is 1.48. The number of hydrogen-bond acceptors (Lipinski definition) is 4. The summed E-state index contributed by atoms with van der Waals surface area (Å²) < 4.78 is 28.0. The zero-order chi connectivity index (χ0) is 23.4. The molecule has 1 N–H and O–H groups in total. The Hall–Kier alpha value is -2.48. The van der Waals surface area contributed by atoms with Gasteiger partial charge in [-0.2, -0.15) is 4.31 Å². The SMILES string of the molecule is CCc1cc(C(=O)Nc2ccc(S(=O)(=O)N3CCCC[C@H]3CC)cc2)sc1-c1ccccc1. The molecule has 7 heteroatoms. The molecule has 0 saturated carbocycles. The summed E-state index contributed by atoms with van der Waals surface area (Å²) in [7, 11) is -3.53. The molecule has 0 unspecified atom stereocenters. The minimum Gasteiger partial charge on any atom is -0.321 e. The molecule has 0 bridgehead atoms. The molecule has 174 valence electrons. The predicted octanol–water partition coefficient (Wildman–Crippen LogP) is 6.18. The minimum absolute atomic E-state index is 0.0635. The van der Waals surface area contributed by atoms with Crippen LogP contribution in [0.1, 0.15) is 54.8 Å². The summed E-state index contributed by atoms with van der Waals surface area (Å²) in [6, 6.07) is 18.6. The van der Waals surface area contributed by atoms with Gasteiger partial charge in [-0.05, 0) is 67.1 Å². The predicted molar refractivity (Wildman–Crippen MR) is 135 cm³/mol. The van der Waals surface area contributed by atoms with Crippen molar-refractivity contribution in [3.05, 3.63) is 71.1 Å². The van der Waals surface area contributed by atoms with E-state index in [4.69, 9.17) is 0 Å². The van der Waals surface area contributed by atoms with Gasteiger partial charge in [0.25, 0.3) is 5.91 Å². The van der Waals surface area contributed by atoms with Gasteiger partial charge < -0.3 is 5.32 Å². The summed E-state index contributed by atoms with van der Waals surface area (Å²) in [5, 5.41) is 2.92. The standard InChI is InChI=1S/C26H30N2O3S2/c1-3-19-18-24(32-25(19)20-10-6-5-7-11-20)26(29)27-21-13-15-23(16-14-21)33(30,31)28-17-9-8-12-22(28)4-2/h5-7,10-11,13-16,18,22H,3-4,8-9,12,17H2,1-2H3,(H,27,29)/t22-/m1/s1. The Morgan fingerprint density at radius 1 is 1.06 bits per heavy atom. The summed E-state index contributed by atoms with van der Waals surface area (Å²) in [4.78, 5) is 14.9. The zero-order valence-corrected chi connectivity index (χ0v) is 20.7. The maximum Gasteiger partial charge on any atom is 0.265 e. The number of piperidine rings is 1. The smallest absolute Gasteiger partial charge is 0.265 e. The second kappa shape index (κ2) is 10.2. The van der Waals surface area contributed by atoms with Crippen molar-refractivity contribution in [3.8, 4) is 10.4 Å². The van der Waals surface area contributed by atoms with E-state index < -0.39 is 10.0 Å². The van der Waals surface area contributed by atoms with E-state index in [2.05, 4.69) is 24.4 Å². The van der Waals surface area contributed by atoms with E-state index in [-0.39, 0.29) is 16.8 Å². The molecular weight excluding hydrogens is 452 g/mol. The monoisotopic (exact) mass is 482 g/mol. The molecule has 1 aliphatic rings. The van der Waals surface area contributed by atoms with Gasteiger partial charge in [-0.3, -0.25) is 4.79 Å². The molecule has 0 spiro atoms. The molecule has 1 fully saturated rings. The molecule has 1 aliphatic heterocycles. The van der Waals surface area contributed by atoms with Gasteiger partial charge in [-0.25, -0.2) is 8.42 Å². The number of thiophene rings is 1. The quantitative estimate of drug-likeness (QED) is 0.437. The molecule has 1 saturated heterocycles. The molecule has 2 aromatic carbocycles. The molecule has 2 heterocycles. The minimum atomic E-state index is -3.53. The van der Waals surface area contributed by atoms with Crippen LogP contribution in [0.5, 0.6) is 0 Å². The van der Waals surface area contributed by atoms with Gasteiger partial charge in [-0.1, -0.05) is 50.6 Å². The first-order chi connectivity index (χ1) is 15.9. The lowest BCUT2D eigenvalue weighted by molar-refractivity contribution is 0.103. The van der Waals surface area contributed by atoms with E-state index in [1.807, 2.05) is 31.2 Å². The summed E-state index contributed by atoms with van der Waals surface area (Å²) in [6.45, 7) is 4.69. The number of nitrogens with one attached hydrogen (secondary N) is 1. The van der Waals surface area contributed by atoms with Crippen LogP contribution < -0.4 is 5.32 Å². The van der Waals surface area contributed by atoms with Gasteiger partial charge in [0, 0.05) is 23.2 Å². The highest BCUT2D eigenvalue weighted by Crippen LogP contribution is 2.34. The van der Waals surface area contributed by atoms with Crippen molar-refractivity contribution < 1.29 is 13.2 Å². The zero-order valence-electron chi connectivity index (χ0n) is 19.1. The molecule has 1 aromatic heterocycles. The molecule has 3 aromatic rings. The highest BCUT2D eigenvalue weighted by atomic mass is 32.2. The molecular formula is C26H30N2O3S2. The van der Waals surface area contributed by atoms with Crippen LogP contribution in [0.15, 0.2) is 65.6 Å². The van der Waals surface area contributed by atoms with Crippen molar-refractivity contribution >= 4 is 33.0 Å². The van der Waals surface area contributed by atoms with Crippen LogP contribution in [-0.4, -0.2) is 31.2 Å². The molecule has 1 atom stereocenters. The second-order valence-electron chi connectivity index (χ2n) is 8.34. The average molecular weight is 483 g/mol. The fraction of sp³-hybridized carbons (Fsp3) is 0.346. The van der Waals surface area contributed by atoms with Crippen LogP contribution in [-0.2, 0) is 16.4 Å². The topological polar surface area (TPSA) is 66.5 Å². The van der Waals surface area contributed by atoms with E-state index in [0.717, 1.165) is 48.1 Å².